The molecule has 0 amide bonds. The summed E-state index contributed by atoms with van der Waals surface area (Å²) < 4.78 is 45.4. The number of ether oxygens (including phenoxy) is 1. The molecule has 1 saturated heterocycles. The number of alkyl halides is 3. The molecule has 0 aromatic carbocycles. The maximum absolute atomic E-state index is 13.3. The van der Waals surface area contributed by atoms with E-state index in [1.807, 2.05) is 4.90 Å². The van der Waals surface area contributed by atoms with Gasteiger partial charge in [-0.2, -0.15) is 13.2 Å². The molecule has 3 heterocycles. The lowest BCUT2D eigenvalue weighted by atomic mass is 9.95. The Morgan fingerprint density at radius 2 is 1.84 bits per heavy atom. The smallest absolute Gasteiger partial charge is 0.433 e. The summed E-state index contributed by atoms with van der Waals surface area (Å²) in [6, 6.07) is 2.54. The molecule has 1 aliphatic rings. The molecule has 1 aliphatic heterocycles. The first-order valence-electron chi connectivity index (χ1n) is 10.1. The first-order chi connectivity index (χ1) is 14.5. The van der Waals surface area contributed by atoms with Gasteiger partial charge in [0.1, 0.15) is 17.3 Å². The van der Waals surface area contributed by atoms with Gasteiger partial charge in [-0.1, -0.05) is 20.8 Å². The van der Waals surface area contributed by atoms with Crippen molar-refractivity contribution in [3.05, 3.63) is 40.2 Å². The number of aromatic amines is 1. The largest absolute Gasteiger partial charge is 0.465 e. The maximum Gasteiger partial charge on any atom is 0.433 e. The van der Waals surface area contributed by atoms with E-state index in [4.69, 9.17) is 4.74 Å². The molecule has 0 saturated carbocycles. The van der Waals surface area contributed by atoms with Crippen LogP contribution in [0.2, 0.25) is 0 Å². The Morgan fingerprint density at radius 3 is 2.45 bits per heavy atom. The molecule has 1 fully saturated rings. The van der Waals surface area contributed by atoms with Gasteiger partial charge in [-0.3, -0.25) is 14.7 Å². The zero-order valence-electron chi connectivity index (χ0n) is 17.9. The van der Waals surface area contributed by atoms with Crippen molar-refractivity contribution in [1.82, 2.24) is 24.8 Å². The standard InChI is InChI=1S/C20H27F3N6O2/c1-19(2,3)17-25-14(20(21,22)23)13-15(26-17)29-10-8-28(9-11-29)7-4-12-31-18-24-6-5-16(30)27-18/h5-6,13H,4,7-12H2,1-3H3,(H,24,27,30). The minimum absolute atomic E-state index is 0.185. The van der Waals surface area contributed by atoms with Crippen molar-refractivity contribution in [3.63, 3.8) is 0 Å². The number of H-pyrrole nitrogens is 1. The summed E-state index contributed by atoms with van der Waals surface area (Å²) in [7, 11) is 0. The molecule has 0 bridgehead atoms. The van der Waals surface area contributed by atoms with E-state index in [-0.39, 0.29) is 17.4 Å². The monoisotopic (exact) mass is 440 g/mol. The number of aromatic nitrogens is 4. The summed E-state index contributed by atoms with van der Waals surface area (Å²) in [5.74, 6) is 0.499. The molecule has 3 rings (SSSR count). The third-order valence-corrected chi connectivity index (χ3v) is 4.88. The van der Waals surface area contributed by atoms with Gasteiger partial charge in [0.2, 0.25) is 0 Å². The van der Waals surface area contributed by atoms with Crippen LogP contribution in [0.25, 0.3) is 0 Å². The average Bonchev–Trinajstić information content (AvgIpc) is 2.70. The normalized spacial score (nSPS) is 15.9. The van der Waals surface area contributed by atoms with Gasteiger partial charge < -0.3 is 9.64 Å². The van der Waals surface area contributed by atoms with Gasteiger partial charge in [0.15, 0.2) is 0 Å². The lowest BCUT2D eigenvalue weighted by Gasteiger charge is -2.36. The predicted molar refractivity (Wildman–Crippen MR) is 109 cm³/mol. The van der Waals surface area contributed by atoms with Crippen LogP contribution in [-0.4, -0.2) is 64.2 Å². The van der Waals surface area contributed by atoms with Crippen LogP contribution in [0.1, 0.15) is 38.7 Å². The zero-order chi connectivity index (χ0) is 22.6. The zero-order valence-corrected chi connectivity index (χ0v) is 17.9. The third kappa shape index (κ3) is 6.39. The second-order valence-corrected chi connectivity index (χ2v) is 8.45. The average molecular weight is 440 g/mol. The molecular weight excluding hydrogens is 413 g/mol. The summed E-state index contributed by atoms with van der Waals surface area (Å²) in [5, 5.41) is 0. The topological polar surface area (TPSA) is 87.2 Å². The van der Waals surface area contributed by atoms with Crippen molar-refractivity contribution in [2.24, 2.45) is 0 Å². The van der Waals surface area contributed by atoms with Gasteiger partial charge in [0, 0.05) is 56.5 Å². The molecule has 31 heavy (non-hydrogen) atoms. The number of anilines is 1. The first-order valence-corrected chi connectivity index (χ1v) is 10.1. The molecule has 11 heteroatoms. The van der Waals surface area contributed by atoms with E-state index >= 15 is 0 Å². The quantitative estimate of drug-likeness (QED) is 0.691. The van der Waals surface area contributed by atoms with Gasteiger partial charge in [-0.05, 0) is 6.42 Å². The number of piperazine rings is 1. The second kappa shape index (κ2) is 9.21. The Bertz CT molecular complexity index is 901. The van der Waals surface area contributed by atoms with Crippen LogP contribution in [0, 0.1) is 0 Å². The molecule has 1 N–H and O–H groups in total. The highest BCUT2D eigenvalue weighted by Crippen LogP contribution is 2.32. The number of halogens is 3. The molecule has 170 valence electrons. The van der Waals surface area contributed by atoms with Crippen molar-refractivity contribution in [3.8, 4) is 6.01 Å². The molecule has 0 radical (unpaired) electrons. The Kier molecular flexibility index (Phi) is 6.83. The number of nitrogens with one attached hydrogen (secondary N) is 1. The molecule has 0 spiro atoms. The highest BCUT2D eigenvalue weighted by molar-refractivity contribution is 5.42. The molecule has 8 nitrogen and oxygen atoms in total. The van der Waals surface area contributed by atoms with Crippen molar-refractivity contribution < 1.29 is 17.9 Å². The predicted octanol–water partition coefficient (Wildman–Crippen LogP) is 2.47. The van der Waals surface area contributed by atoms with Crippen LogP contribution in [0.4, 0.5) is 19.0 Å². The summed E-state index contributed by atoms with van der Waals surface area (Å²) in [4.78, 5) is 29.9. The summed E-state index contributed by atoms with van der Waals surface area (Å²) in [6.45, 7) is 9.14. The lowest BCUT2D eigenvalue weighted by molar-refractivity contribution is -0.141. The van der Waals surface area contributed by atoms with Crippen molar-refractivity contribution in [2.45, 2.75) is 38.8 Å². The summed E-state index contributed by atoms with van der Waals surface area (Å²) >= 11 is 0. The molecule has 2 aromatic heterocycles. The Balaban J connectivity index is 1.54. The van der Waals surface area contributed by atoms with Crippen LogP contribution < -0.4 is 15.2 Å². The number of hydrogen-bond acceptors (Lipinski definition) is 7. The number of hydrogen-bond donors (Lipinski definition) is 1. The van der Waals surface area contributed by atoms with Gasteiger partial charge in [-0.25, -0.2) is 15.0 Å². The van der Waals surface area contributed by atoms with Crippen molar-refractivity contribution in [1.29, 1.82) is 0 Å². The van der Waals surface area contributed by atoms with Crippen LogP contribution in [0.15, 0.2) is 23.1 Å². The Hall–Kier alpha value is -2.69. The van der Waals surface area contributed by atoms with Crippen molar-refractivity contribution in [2.75, 3.05) is 44.2 Å². The van der Waals surface area contributed by atoms with E-state index in [1.54, 1.807) is 20.8 Å². The van der Waals surface area contributed by atoms with Crippen molar-refractivity contribution >= 4 is 5.82 Å². The highest BCUT2D eigenvalue weighted by atomic mass is 19.4. The van der Waals surface area contributed by atoms with E-state index < -0.39 is 17.3 Å². The van der Waals surface area contributed by atoms with Crippen LogP contribution >= 0.6 is 0 Å². The number of nitrogens with zero attached hydrogens (tertiary/aromatic N) is 5. The van der Waals surface area contributed by atoms with E-state index in [0.717, 1.165) is 19.0 Å². The Morgan fingerprint density at radius 1 is 1.13 bits per heavy atom. The fourth-order valence-electron chi connectivity index (χ4n) is 3.16. The minimum Gasteiger partial charge on any atom is -0.465 e. The molecule has 0 aliphatic carbocycles. The molecule has 2 aromatic rings. The van der Waals surface area contributed by atoms with Crippen LogP contribution in [-0.2, 0) is 11.6 Å². The maximum atomic E-state index is 13.3. The minimum atomic E-state index is -4.52. The first kappa shape index (κ1) is 23.0. The summed E-state index contributed by atoms with van der Waals surface area (Å²) in [6.07, 6.45) is -2.40. The van der Waals surface area contributed by atoms with E-state index in [2.05, 4.69) is 24.8 Å². The highest BCUT2D eigenvalue weighted by Gasteiger charge is 2.35. The van der Waals surface area contributed by atoms with Crippen LogP contribution in [0.3, 0.4) is 0 Å². The van der Waals surface area contributed by atoms with Gasteiger partial charge in [0.05, 0.1) is 6.61 Å². The molecule has 0 atom stereocenters. The van der Waals surface area contributed by atoms with Gasteiger partial charge in [-0.15, -0.1) is 0 Å². The van der Waals surface area contributed by atoms with Gasteiger partial charge in [0.25, 0.3) is 11.6 Å². The van der Waals surface area contributed by atoms with Gasteiger partial charge >= 0.3 is 6.18 Å². The fourth-order valence-corrected chi connectivity index (χ4v) is 3.16. The fraction of sp³-hybridized carbons (Fsp3) is 0.600. The lowest BCUT2D eigenvalue weighted by Crippen LogP contribution is -2.47. The van der Waals surface area contributed by atoms with E-state index in [1.165, 1.54) is 12.3 Å². The van der Waals surface area contributed by atoms with E-state index in [0.29, 0.717) is 38.6 Å². The molecule has 0 unspecified atom stereocenters. The summed E-state index contributed by atoms with van der Waals surface area (Å²) in [5.41, 5.74) is -1.76. The SMILES string of the molecule is CC(C)(C)c1nc(N2CCN(CCCOc3nccc(=O)[nH]3)CC2)cc(C(F)(F)F)n1. The number of rotatable bonds is 6. The van der Waals surface area contributed by atoms with Crippen LogP contribution in [0.5, 0.6) is 6.01 Å². The second-order valence-electron chi connectivity index (χ2n) is 8.45. The molecular formula is C20H27F3N6O2. The third-order valence-electron chi connectivity index (χ3n) is 4.88. The Labute approximate surface area is 178 Å². The van der Waals surface area contributed by atoms with E-state index in [9.17, 15) is 18.0 Å².